The van der Waals surface area contributed by atoms with Gasteiger partial charge in [0.2, 0.25) is 0 Å². The molecule has 0 radical (unpaired) electrons. The van der Waals surface area contributed by atoms with Crippen LogP contribution in [0.4, 0.5) is 5.69 Å². The molecule has 0 saturated heterocycles. The van der Waals surface area contributed by atoms with E-state index in [2.05, 4.69) is 25.2 Å². The molecular formula is C26H39ClN2O2. The zero-order valence-electron chi connectivity index (χ0n) is 20.1. The summed E-state index contributed by atoms with van der Waals surface area (Å²) >= 11 is 5.90. The molecule has 0 aliphatic heterocycles. The number of carbonyl (C=O) groups is 1. The van der Waals surface area contributed by atoms with E-state index in [0.717, 1.165) is 16.8 Å². The minimum absolute atomic E-state index is 0.0700. The number of aliphatic carboxylic acids is 1. The summed E-state index contributed by atoms with van der Waals surface area (Å²) in [5, 5.41) is 22.1. The Morgan fingerprint density at radius 1 is 1.10 bits per heavy atom. The van der Waals surface area contributed by atoms with Crippen LogP contribution in [0, 0.1) is 18.3 Å². The summed E-state index contributed by atoms with van der Waals surface area (Å²) in [5.41, 5.74) is 3.52. The molecule has 0 aliphatic rings. The number of nitrogens with one attached hydrogen (secondary N) is 1. The Bertz CT molecular complexity index is 768. The molecule has 5 heteroatoms. The number of anilines is 1. The molecule has 0 aliphatic carbocycles. The summed E-state index contributed by atoms with van der Waals surface area (Å²) in [6.45, 7) is 14.8. The average Bonchev–Trinajstić information content (AvgIpc) is 2.78. The summed E-state index contributed by atoms with van der Waals surface area (Å²) in [4.78, 5) is 11.1. The van der Waals surface area contributed by atoms with Gasteiger partial charge in [0.1, 0.15) is 0 Å². The van der Waals surface area contributed by atoms with Crippen LogP contribution in [-0.2, 0) is 4.79 Å². The molecular weight excluding hydrogens is 408 g/mol. The number of carboxylic acid groups (broad SMARTS) is 1. The van der Waals surface area contributed by atoms with Gasteiger partial charge < -0.3 is 10.4 Å². The van der Waals surface area contributed by atoms with E-state index in [-0.39, 0.29) is 12.3 Å². The molecule has 172 valence electrons. The zero-order chi connectivity index (χ0) is 24.2. The van der Waals surface area contributed by atoms with Crippen LogP contribution in [0.1, 0.15) is 83.4 Å². The Morgan fingerprint density at radius 2 is 1.65 bits per heavy atom. The van der Waals surface area contributed by atoms with E-state index >= 15 is 0 Å². The van der Waals surface area contributed by atoms with Crippen LogP contribution in [0.3, 0.4) is 0 Å². The first-order chi connectivity index (χ1) is 14.9. The van der Waals surface area contributed by atoms with E-state index in [9.17, 15) is 4.79 Å². The van der Waals surface area contributed by atoms with E-state index in [1.807, 2.05) is 58.9 Å². The molecule has 0 fully saturated rings. The largest absolute Gasteiger partial charge is 0.481 e. The van der Waals surface area contributed by atoms with Gasteiger partial charge in [0.05, 0.1) is 18.1 Å². The van der Waals surface area contributed by atoms with Crippen molar-refractivity contribution >= 4 is 23.3 Å². The summed E-state index contributed by atoms with van der Waals surface area (Å²) in [5.74, 6) is -0.913. The standard InChI is InChI=1S/C19H19ClN2O2.C3H8.2C2H6/c1-13-2-3-14(12-21)10-18(13)22-9-8-16(11-19(23)24)15-4-6-17(20)7-5-15;1-3-2;2*1-2/h2-7,10,16,22H,8-9,11H2,1H3,(H,23,24);3H2,1-2H3;2*1-2H3. The lowest BCUT2D eigenvalue weighted by Crippen LogP contribution is -2.12. The molecule has 0 heterocycles. The van der Waals surface area contributed by atoms with Crippen LogP contribution < -0.4 is 5.32 Å². The number of nitrogens with zero attached hydrogens (tertiary/aromatic N) is 1. The van der Waals surface area contributed by atoms with Crippen LogP contribution >= 0.6 is 11.6 Å². The quantitative estimate of drug-likeness (QED) is 0.451. The van der Waals surface area contributed by atoms with Crippen LogP contribution in [0.5, 0.6) is 0 Å². The second-order valence-electron chi connectivity index (χ2n) is 6.41. The topological polar surface area (TPSA) is 73.1 Å². The third-order valence-corrected chi connectivity index (χ3v) is 4.19. The van der Waals surface area contributed by atoms with Gasteiger partial charge in [-0.05, 0) is 54.7 Å². The molecule has 4 nitrogen and oxygen atoms in total. The molecule has 2 aromatic rings. The lowest BCUT2D eigenvalue weighted by atomic mass is 9.92. The van der Waals surface area contributed by atoms with Crippen LogP contribution in [0.2, 0.25) is 5.02 Å². The van der Waals surface area contributed by atoms with E-state index in [1.54, 1.807) is 18.2 Å². The molecule has 0 bridgehead atoms. The van der Waals surface area contributed by atoms with Crippen LogP contribution in [0.15, 0.2) is 42.5 Å². The van der Waals surface area contributed by atoms with E-state index in [1.165, 1.54) is 6.42 Å². The molecule has 31 heavy (non-hydrogen) atoms. The van der Waals surface area contributed by atoms with E-state index in [4.69, 9.17) is 22.0 Å². The Hall–Kier alpha value is -2.51. The van der Waals surface area contributed by atoms with Gasteiger partial charge in [0, 0.05) is 17.3 Å². The van der Waals surface area contributed by atoms with E-state index < -0.39 is 5.97 Å². The van der Waals surface area contributed by atoms with Crippen molar-refractivity contribution in [1.29, 1.82) is 5.26 Å². The molecule has 1 unspecified atom stereocenters. The Kier molecular flexibility index (Phi) is 19.3. The third-order valence-electron chi connectivity index (χ3n) is 3.94. The van der Waals surface area contributed by atoms with Gasteiger partial charge in [-0.2, -0.15) is 5.26 Å². The molecule has 2 rings (SSSR count). The second kappa shape index (κ2) is 19.5. The van der Waals surface area contributed by atoms with Gasteiger partial charge in [-0.25, -0.2) is 0 Å². The maximum absolute atomic E-state index is 11.1. The fourth-order valence-electron chi connectivity index (χ4n) is 2.60. The lowest BCUT2D eigenvalue weighted by Gasteiger charge is -2.17. The summed E-state index contributed by atoms with van der Waals surface area (Å²) in [6, 6.07) is 14.9. The van der Waals surface area contributed by atoms with Crippen molar-refractivity contribution in [3.8, 4) is 6.07 Å². The molecule has 0 aromatic heterocycles. The normalized spacial score (nSPS) is 9.90. The Morgan fingerprint density at radius 3 is 2.13 bits per heavy atom. The molecule has 1 atom stereocenters. The smallest absolute Gasteiger partial charge is 0.303 e. The predicted octanol–water partition coefficient (Wildman–Crippen LogP) is 8.05. The zero-order valence-corrected chi connectivity index (χ0v) is 20.9. The first-order valence-electron chi connectivity index (χ1n) is 11.1. The van der Waals surface area contributed by atoms with Crippen molar-refractivity contribution < 1.29 is 9.90 Å². The van der Waals surface area contributed by atoms with Gasteiger partial charge >= 0.3 is 5.97 Å². The first kappa shape index (κ1) is 30.7. The third kappa shape index (κ3) is 13.4. The van der Waals surface area contributed by atoms with Crippen LogP contribution in [-0.4, -0.2) is 17.6 Å². The summed E-state index contributed by atoms with van der Waals surface area (Å²) in [6.07, 6.45) is 1.99. The van der Waals surface area contributed by atoms with Gasteiger partial charge in [-0.3, -0.25) is 4.79 Å². The summed E-state index contributed by atoms with van der Waals surface area (Å²) in [7, 11) is 0. The van der Waals surface area contributed by atoms with Crippen molar-refractivity contribution in [3.63, 3.8) is 0 Å². The molecule has 0 spiro atoms. The van der Waals surface area contributed by atoms with E-state index in [0.29, 0.717) is 23.6 Å². The minimum atomic E-state index is -0.822. The first-order valence-corrected chi connectivity index (χ1v) is 11.5. The number of hydrogen-bond acceptors (Lipinski definition) is 3. The highest BCUT2D eigenvalue weighted by Crippen LogP contribution is 2.26. The highest BCUT2D eigenvalue weighted by Gasteiger charge is 2.15. The van der Waals surface area contributed by atoms with Crippen molar-refractivity contribution in [3.05, 3.63) is 64.2 Å². The number of hydrogen-bond donors (Lipinski definition) is 2. The number of halogens is 1. The van der Waals surface area contributed by atoms with Gasteiger partial charge in [0.15, 0.2) is 0 Å². The molecule has 0 saturated carbocycles. The molecule has 2 N–H and O–H groups in total. The minimum Gasteiger partial charge on any atom is -0.481 e. The fraction of sp³-hybridized carbons (Fsp3) is 0.462. The van der Waals surface area contributed by atoms with Gasteiger partial charge in [-0.1, -0.05) is 77.8 Å². The highest BCUT2D eigenvalue weighted by molar-refractivity contribution is 6.30. The SMILES string of the molecule is CC.CC.CCC.Cc1ccc(C#N)cc1NCCC(CC(=O)O)c1ccc(Cl)cc1. The van der Waals surface area contributed by atoms with Crippen molar-refractivity contribution in [2.45, 2.75) is 73.6 Å². The number of rotatable bonds is 7. The Balaban J connectivity index is 0. The number of benzene rings is 2. The Labute approximate surface area is 194 Å². The van der Waals surface area contributed by atoms with Crippen molar-refractivity contribution in [1.82, 2.24) is 0 Å². The second-order valence-corrected chi connectivity index (χ2v) is 6.85. The van der Waals surface area contributed by atoms with Gasteiger partial charge in [-0.15, -0.1) is 0 Å². The maximum Gasteiger partial charge on any atom is 0.303 e. The number of aryl methyl sites for hydroxylation is 1. The monoisotopic (exact) mass is 446 g/mol. The molecule has 0 amide bonds. The molecule has 2 aromatic carbocycles. The fourth-order valence-corrected chi connectivity index (χ4v) is 2.72. The predicted molar refractivity (Wildman–Crippen MR) is 134 cm³/mol. The van der Waals surface area contributed by atoms with Gasteiger partial charge in [0.25, 0.3) is 0 Å². The average molecular weight is 447 g/mol. The summed E-state index contributed by atoms with van der Waals surface area (Å²) < 4.78 is 0. The number of nitriles is 1. The lowest BCUT2D eigenvalue weighted by molar-refractivity contribution is -0.137. The highest BCUT2D eigenvalue weighted by atomic mass is 35.5. The van der Waals surface area contributed by atoms with Crippen molar-refractivity contribution in [2.75, 3.05) is 11.9 Å². The number of carboxylic acids is 1. The van der Waals surface area contributed by atoms with Crippen LogP contribution in [0.25, 0.3) is 0 Å². The van der Waals surface area contributed by atoms with Crippen molar-refractivity contribution in [2.24, 2.45) is 0 Å². The maximum atomic E-state index is 11.1.